The van der Waals surface area contributed by atoms with E-state index in [1.165, 1.54) is 13.0 Å². The fourth-order valence-electron chi connectivity index (χ4n) is 2.80. The average Bonchev–Trinajstić information content (AvgIpc) is 2.96. The van der Waals surface area contributed by atoms with Crippen molar-refractivity contribution in [1.29, 1.82) is 0 Å². The van der Waals surface area contributed by atoms with Gasteiger partial charge in [0.2, 0.25) is 5.78 Å². The van der Waals surface area contributed by atoms with Crippen LogP contribution in [0.4, 0.5) is 0 Å². The number of Topliss-reactive ketones (excluding diaryl/α,β-unsaturated/α-hetero) is 1. The zero-order valence-corrected chi connectivity index (χ0v) is 14.4. The minimum absolute atomic E-state index is 0.171. The molecular formula is C20H16O7. The molecule has 2 aromatic carbocycles. The van der Waals surface area contributed by atoms with E-state index in [-0.39, 0.29) is 11.5 Å². The topological polar surface area (TPSA) is 91.3 Å². The molecule has 0 aromatic heterocycles. The predicted octanol–water partition coefficient (Wildman–Crippen LogP) is 2.93. The third-order valence-electron chi connectivity index (χ3n) is 4.17. The minimum Gasteiger partial charge on any atom is -0.486 e. The molecule has 0 amide bonds. The molecule has 1 atom stereocenters. The highest BCUT2D eigenvalue weighted by atomic mass is 16.6. The number of rotatable bonds is 4. The lowest BCUT2D eigenvalue weighted by atomic mass is 10.1. The molecule has 0 fully saturated rings. The van der Waals surface area contributed by atoms with E-state index >= 15 is 0 Å². The normalized spacial score (nSPS) is 17.2. The highest BCUT2D eigenvalue weighted by molar-refractivity contribution is 6.14. The largest absolute Gasteiger partial charge is 0.486 e. The van der Waals surface area contributed by atoms with Crippen LogP contribution in [0.3, 0.4) is 0 Å². The molecule has 2 aliphatic heterocycles. The van der Waals surface area contributed by atoms with Crippen LogP contribution in [0.1, 0.15) is 22.8 Å². The number of carbonyl (C=O) groups excluding carboxylic acids is 1. The lowest BCUT2D eigenvalue weighted by Gasteiger charge is -2.18. The van der Waals surface area contributed by atoms with Crippen molar-refractivity contribution in [2.75, 3.05) is 13.2 Å². The molecule has 0 bridgehead atoms. The second-order valence-corrected chi connectivity index (χ2v) is 6.10. The predicted molar refractivity (Wildman–Crippen MR) is 94.5 cm³/mol. The Hall–Kier alpha value is -3.48. The standard InChI is InChI=1S/C20H16O7/c1-11(20(22)23)26-13-3-4-14-16(10-13)27-18(19(14)21)9-12-2-5-15-17(8-12)25-7-6-24-15/h2-5,8-11H,6-7H2,1H3,(H,22,23)/b18-9-. The van der Waals surface area contributed by atoms with Crippen LogP contribution in [-0.4, -0.2) is 36.2 Å². The molecule has 0 saturated carbocycles. The highest BCUT2D eigenvalue weighted by Gasteiger charge is 2.28. The first-order valence-electron chi connectivity index (χ1n) is 8.38. The molecular weight excluding hydrogens is 352 g/mol. The third-order valence-corrected chi connectivity index (χ3v) is 4.17. The number of carbonyl (C=O) groups is 2. The lowest BCUT2D eigenvalue weighted by molar-refractivity contribution is -0.144. The Balaban J connectivity index is 1.58. The van der Waals surface area contributed by atoms with Crippen LogP contribution in [0.15, 0.2) is 42.2 Å². The summed E-state index contributed by atoms with van der Waals surface area (Å²) in [7, 11) is 0. The van der Waals surface area contributed by atoms with Crippen molar-refractivity contribution in [2.24, 2.45) is 0 Å². The van der Waals surface area contributed by atoms with Crippen LogP contribution in [0, 0.1) is 0 Å². The van der Waals surface area contributed by atoms with Gasteiger partial charge in [0.25, 0.3) is 0 Å². The van der Waals surface area contributed by atoms with Crippen molar-refractivity contribution < 1.29 is 33.6 Å². The van der Waals surface area contributed by atoms with E-state index in [2.05, 4.69) is 0 Å². The zero-order valence-electron chi connectivity index (χ0n) is 14.4. The maximum Gasteiger partial charge on any atom is 0.344 e. The smallest absolute Gasteiger partial charge is 0.344 e. The van der Waals surface area contributed by atoms with Crippen LogP contribution in [0.5, 0.6) is 23.0 Å². The van der Waals surface area contributed by atoms with Crippen molar-refractivity contribution >= 4 is 17.8 Å². The fourth-order valence-corrected chi connectivity index (χ4v) is 2.80. The summed E-state index contributed by atoms with van der Waals surface area (Å²) in [6, 6.07) is 10.00. The van der Waals surface area contributed by atoms with Crippen molar-refractivity contribution in [3.63, 3.8) is 0 Å². The van der Waals surface area contributed by atoms with Crippen molar-refractivity contribution in [1.82, 2.24) is 0 Å². The minimum atomic E-state index is -1.08. The highest BCUT2D eigenvalue weighted by Crippen LogP contribution is 2.36. The summed E-state index contributed by atoms with van der Waals surface area (Å²) in [5.41, 5.74) is 1.14. The van der Waals surface area contributed by atoms with E-state index in [1.54, 1.807) is 30.3 Å². The van der Waals surface area contributed by atoms with E-state index in [1.807, 2.05) is 6.07 Å². The van der Waals surface area contributed by atoms with Gasteiger partial charge in [-0.3, -0.25) is 4.79 Å². The summed E-state index contributed by atoms with van der Waals surface area (Å²) in [6.45, 7) is 2.41. The average molecular weight is 368 g/mol. The van der Waals surface area contributed by atoms with Crippen LogP contribution < -0.4 is 18.9 Å². The molecule has 27 heavy (non-hydrogen) atoms. The number of fused-ring (bicyclic) bond motifs is 2. The first-order valence-corrected chi connectivity index (χ1v) is 8.38. The summed E-state index contributed by atoms with van der Waals surface area (Å²) in [6.07, 6.45) is 0.619. The number of ketones is 1. The quantitative estimate of drug-likeness (QED) is 0.830. The number of hydrogen-bond acceptors (Lipinski definition) is 6. The van der Waals surface area contributed by atoms with Gasteiger partial charge in [0.05, 0.1) is 5.56 Å². The molecule has 7 nitrogen and oxygen atoms in total. The SMILES string of the molecule is CC(Oc1ccc2c(c1)O/C(=C\c1ccc3c(c1)OCCO3)C2=O)C(=O)O. The van der Waals surface area contributed by atoms with Crippen molar-refractivity contribution in [3.05, 3.63) is 53.3 Å². The monoisotopic (exact) mass is 368 g/mol. The Labute approximate surface area is 154 Å². The summed E-state index contributed by atoms with van der Waals surface area (Å²) in [5.74, 6) is 0.780. The number of aliphatic carboxylic acids is 1. The van der Waals surface area contributed by atoms with Crippen molar-refractivity contribution in [2.45, 2.75) is 13.0 Å². The molecule has 0 spiro atoms. The lowest BCUT2D eigenvalue weighted by Crippen LogP contribution is -2.22. The van der Waals surface area contributed by atoms with Gasteiger partial charge in [-0.05, 0) is 42.8 Å². The summed E-state index contributed by atoms with van der Waals surface area (Å²) < 4.78 is 22.0. The number of carboxylic acids is 1. The van der Waals surface area contributed by atoms with Gasteiger partial charge in [-0.25, -0.2) is 4.79 Å². The van der Waals surface area contributed by atoms with Gasteiger partial charge in [-0.1, -0.05) is 6.07 Å². The van der Waals surface area contributed by atoms with Crippen LogP contribution in [0.2, 0.25) is 0 Å². The number of allylic oxidation sites excluding steroid dienone is 1. The van der Waals surface area contributed by atoms with Gasteiger partial charge in [-0.15, -0.1) is 0 Å². The van der Waals surface area contributed by atoms with Gasteiger partial charge in [0.1, 0.15) is 24.7 Å². The maximum absolute atomic E-state index is 12.5. The zero-order chi connectivity index (χ0) is 19.0. The number of benzene rings is 2. The maximum atomic E-state index is 12.5. The molecule has 138 valence electrons. The molecule has 0 radical (unpaired) electrons. The second kappa shape index (κ2) is 6.68. The van der Waals surface area contributed by atoms with Gasteiger partial charge < -0.3 is 24.1 Å². The second-order valence-electron chi connectivity index (χ2n) is 6.10. The molecule has 1 unspecified atom stereocenters. The van der Waals surface area contributed by atoms with Gasteiger partial charge in [0, 0.05) is 6.07 Å². The van der Waals surface area contributed by atoms with E-state index in [4.69, 9.17) is 24.1 Å². The first kappa shape index (κ1) is 17.0. The molecule has 1 N–H and O–H groups in total. The molecule has 2 aromatic rings. The van der Waals surface area contributed by atoms with E-state index in [0.717, 1.165) is 5.56 Å². The molecule has 0 aliphatic carbocycles. The Morgan fingerprint density at radius 2 is 1.89 bits per heavy atom. The van der Waals surface area contributed by atoms with E-state index in [0.29, 0.717) is 41.8 Å². The Kier molecular flexibility index (Phi) is 4.19. The van der Waals surface area contributed by atoms with E-state index < -0.39 is 12.1 Å². The Morgan fingerprint density at radius 3 is 2.67 bits per heavy atom. The molecule has 4 rings (SSSR count). The Bertz CT molecular complexity index is 961. The van der Waals surface area contributed by atoms with Gasteiger partial charge in [0.15, 0.2) is 23.4 Å². The molecule has 2 aliphatic rings. The molecule has 7 heteroatoms. The molecule has 2 heterocycles. The Morgan fingerprint density at radius 1 is 1.11 bits per heavy atom. The third kappa shape index (κ3) is 3.31. The fraction of sp³-hybridized carbons (Fsp3) is 0.200. The summed E-state index contributed by atoms with van der Waals surface area (Å²) in [4.78, 5) is 23.5. The number of carboxylic acid groups (broad SMARTS) is 1. The van der Waals surface area contributed by atoms with Crippen LogP contribution in [-0.2, 0) is 4.79 Å². The van der Waals surface area contributed by atoms with Crippen LogP contribution in [0.25, 0.3) is 6.08 Å². The number of hydrogen-bond donors (Lipinski definition) is 1. The first-order chi connectivity index (χ1) is 13.0. The van der Waals surface area contributed by atoms with Gasteiger partial charge in [-0.2, -0.15) is 0 Å². The molecule has 0 saturated heterocycles. The summed E-state index contributed by atoms with van der Waals surface area (Å²) >= 11 is 0. The van der Waals surface area contributed by atoms with Crippen LogP contribution >= 0.6 is 0 Å². The number of ether oxygens (including phenoxy) is 4. The summed E-state index contributed by atoms with van der Waals surface area (Å²) in [5, 5.41) is 8.93. The van der Waals surface area contributed by atoms with E-state index in [9.17, 15) is 9.59 Å². The van der Waals surface area contributed by atoms with Crippen molar-refractivity contribution in [3.8, 4) is 23.0 Å². The van der Waals surface area contributed by atoms with Gasteiger partial charge >= 0.3 is 5.97 Å².